The first kappa shape index (κ1) is 17.4. The summed E-state index contributed by atoms with van der Waals surface area (Å²) in [4.78, 5) is 11.5. The van der Waals surface area contributed by atoms with Gasteiger partial charge < -0.3 is 5.32 Å². The summed E-state index contributed by atoms with van der Waals surface area (Å²) in [5.74, 6) is -0.393. The molecule has 116 valence electrons. The third kappa shape index (κ3) is 4.99. The highest BCUT2D eigenvalue weighted by Gasteiger charge is 2.23. The molecule has 21 heavy (non-hydrogen) atoms. The van der Waals surface area contributed by atoms with E-state index in [9.17, 15) is 13.2 Å². The lowest BCUT2D eigenvalue weighted by atomic mass is 10.2. The van der Waals surface area contributed by atoms with E-state index in [1.54, 1.807) is 24.3 Å². The Morgan fingerprint density at radius 2 is 1.95 bits per heavy atom. The van der Waals surface area contributed by atoms with E-state index in [1.807, 2.05) is 13.8 Å². The highest BCUT2D eigenvalue weighted by molar-refractivity contribution is 7.89. The Hall–Kier alpha value is -1.66. The molecule has 0 fully saturated rings. The summed E-state index contributed by atoms with van der Waals surface area (Å²) >= 11 is 0. The van der Waals surface area contributed by atoms with E-state index in [1.165, 1.54) is 4.31 Å². The molecule has 1 rings (SSSR count). The van der Waals surface area contributed by atoms with Gasteiger partial charge in [0.2, 0.25) is 15.9 Å². The number of hydrogen-bond donors (Lipinski definition) is 1. The van der Waals surface area contributed by atoms with Crippen LogP contribution in [-0.2, 0) is 14.8 Å². The summed E-state index contributed by atoms with van der Waals surface area (Å²) in [5.41, 5.74) is 0.994. The van der Waals surface area contributed by atoms with Crippen LogP contribution in [0.1, 0.15) is 25.3 Å². The Bertz CT molecular complexity index is 579. The molecule has 0 bridgehead atoms. The molecule has 0 heterocycles. The minimum absolute atomic E-state index is 0.0545. The summed E-state index contributed by atoms with van der Waals surface area (Å²) in [6, 6.07) is 6.68. The van der Waals surface area contributed by atoms with Crippen molar-refractivity contribution in [2.75, 3.05) is 13.2 Å². The summed E-state index contributed by atoms with van der Waals surface area (Å²) in [6.45, 7) is 7.54. The van der Waals surface area contributed by atoms with Crippen molar-refractivity contribution < 1.29 is 13.2 Å². The van der Waals surface area contributed by atoms with Gasteiger partial charge in [-0.15, -0.1) is 0 Å². The number of carbonyl (C=O) groups excluding carboxylic acids is 1. The normalized spacial score (nSPS) is 11.4. The predicted molar refractivity (Wildman–Crippen MR) is 83.2 cm³/mol. The molecule has 0 aliphatic rings. The first-order valence-corrected chi connectivity index (χ1v) is 8.33. The smallest absolute Gasteiger partial charge is 0.244 e. The van der Waals surface area contributed by atoms with Gasteiger partial charge in [0.25, 0.3) is 0 Å². The quantitative estimate of drug-likeness (QED) is 0.590. The Kier molecular flexibility index (Phi) is 6.58. The van der Waals surface area contributed by atoms with Crippen LogP contribution in [0.25, 0.3) is 0 Å². The average molecular weight is 310 g/mol. The molecule has 0 aliphatic heterocycles. The first-order chi connectivity index (χ1) is 9.91. The molecule has 1 aromatic rings. The van der Waals surface area contributed by atoms with Crippen molar-refractivity contribution in [1.29, 1.82) is 0 Å². The molecule has 0 atom stereocenters. The van der Waals surface area contributed by atoms with E-state index in [0.29, 0.717) is 6.54 Å². The van der Waals surface area contributed by atoms with Gasteiger partial charge in [-0.2, -0.15) is 4.31 Å². The number of hydrogen-bond acceptors (Lipinski definition) is 3. The second-order valence-corrected chi connectivity index (χ2v) is 6.69. The largest absolute Gasteiger partial charge is 0.339 e. The third-order valence-corrected chi connectivity index (χ3v) is 4.89. The van der Waals surface area contributed by atoms with Gasteiger partial charge in [-0.1, -0.05) is 37.6 Å². The zero-order valence-electron chi connectivity index (χ0n) is 12.5. The maximum atomic E-state index is 12.6. The zero-order chi connectivity index (χ0) is 15.9. The Labute approximate surface area is 126 Å². The number of nitrogens with zero attached hydrogens (tertiary/aromatic N) is 1. The highest BCUT2D eigenvalue weighted by atomic mass is 32.2. The number of unbranched alkanes of at least 4 members (excludes halogenated alkanes) is 1. The SMILES string of the molecule is C=CC(=O)NCN(CCCC)S(=O)(=O)c1ccc(C)cc1. The van der Waals surface area contributed by atoms with Crippen LogP contribution in [0.4, 0.5) is 0 Å². The highest BCUT2D eigenvalue weighted by Crippen LogP contribution is 2.16. The number of carbonyl (C=O) groups is 1. The second-order valence-electron chi connectivity index (χ2n) is 4.75. The van der Waals surface area contributed by atoms with Crippen molar-refractivity contribution in [3.8, 4) is 0 Å². The topological polar surface area (TPSA) is 66.5 Å². The van der Waals surface area contributed by atoms with Gasteiger partial charge >= 0.3 is 0 Å². The minimum atomic E-state index is -3.61. The van der Waals surface area contributed by atoms with Crippen LogP contribution in [0, 0.1) is 6.92 Å². The number of benzene rings is 1. The lowest BCUT2D eigenvalue weighted by Gasteiger charge is -2.22. The van der Waals surface area contributed by atoms with Crippen molar-refractivity contribution in [1.82, 2.24) is 9.62 Å². The Balaban J connectivity index is 2.96. The molecule has 1 aromatic carbocycles. The number of sulfonamides is 1. The van der Waals surface area contributed by atoms with Gasteiger partial charge in [-0.25, -0.2) is 8.42 Å². The van der Waals surface area contributed by atoms with Gasteiger partial charge in [-0.05, 0) is 31.6 Å². The molecule has 0 aliphatic carbocycles. The van der Waals surface area contributed by atoms with Crippen LogP contribution in [0.5, 0.6) is 0 Å². The number of aryl methyl sites for hydroxylation is 1. The molecular weight excluding hydrogens is 288 g/mol. The predicted octanol–water partition coefficient (Wildman–Crippen LogP) is 2.05. The molecule has 0 radical (unpaired) electrons. The van der Waals surface area contributed by atoms with Crippen molar-refractivity contribution >= 4 is 15.9 Å². The van der Waals surface area contributed by atoms with E-state index >= 15 is 0 Å². The van der Waals surface area contributed by atoms with Crippen LogP contribution in [0.2, 0.25) is 0 Å². The maximum Gasteiger partial charge on any atom is 0.244 e. The zero-order valence-corrected chi connectivity index (χ0v) is 13.3. The molecule has 0 aromatic heterocycles. The van der Waals surface area contributed by atoms with E-state index in [4.69, 9.17) is 0 Å². The van der Waals surface area contributed by atoms with E-state index < -0.39 is 15.9 Å². The molecular formula is C15H22N2O3S. The molecule has 0 saturated heterocycles. The molecule has 1 N–H and O–H groups in total. The Morgan fingerprint density at radius 1 is 1.33 bits per heavy atom. The molecule has 6 heteroatoms. The van der Waals surface area contributed by atoms with Crippen LogP contribution in [0.3, 0.4) is 0 Å². The summed E-state index contributed by atoms with van der Waals surface area (Å²) in [5, 5.41) is 2.52. The van der Waals surface area contributed by atoms with Gasteiger partial charge in [0.05, 0.1) is 11.6 Å². The molecule has 0 spiro atoms. The van der Waals surface area contributed by atoms with Crippen molar-refractivity contribution in [2.24, 2.45) is 0 Å². The molecule has 1 amide bonds. The van der Waals surface area contributed by atoms with Gasteiger partial charge in [0, 0.05) is 6.54 Å². The van der Waals surface area contributed by atoms with Crippen molar-refractivity contribution in [2.45, 2.75) is 31.6 Å². The fraction of sp³-hybridized carbons (Fsp3) is 0.400. The fourth-order valence-corrected chi connectivity index (χ4v) is 3.10. The fourth-order valence-electron chi connectivity index (χ4n) is 1.72. The number of amides is 1. The van der Waals surface area contributed by atoms with Crippen molar-refractivity contribution in [3.05, 3.63) is 42.5 Å². The lowest BCUT2D eigenvalue weighted by molar-refractivity contribution is -0.116. The van der Waals surface area contributed by atoms with Gasteiger partial charge in [0.1, 0.15) is 0 Å². The van der Waals surface area contributed by atoms with E-state index in [-0.39, 0.29) is 11.6 Å². The second kappa shape index (κ2) is 7.95. The van der Waals surface area contributed by atoms with Crippen LogP contribution >= 0.6 is 0 Å². The lowest BCUT2D eigenvalue weighted by Crippen LogP contribution is -2.41. The van der Waals surface area contributed by atoms with E-state index in [2.05, 4.69) is 11.9 Å². The van der Waals surface area contributed by atoms with Crippen LogP contribution in [0.15, 0.2) is 41.8 Å². The summed E-state index contributed by atoms with van der Waals surface area (Å²) in [6.07, 6.45) is 2.72. The summed E-state index contributed by atoms with van der Waals surface area (Å²) < 4.78 is 26.5. The van der Waals surface area contributed by atoms with Gasteiger partial charge in [-0.3, -0.25) is 4.79 Å². The monoisotopic (exact) mass is 310 g/mol. The average Bonchev–Trinajstić information content (AvgIpc) is 2.47. The first-order valence-electron chi connectivity index (χ1n) is 6.89. The summed E-state index contributed by atoms with van der Waals surface area (Å²) in [7, 11) is -3.61. The van der Waals surface area contributed by atoms with E-state index in [0.717, 1.165) is 24.5 Å². The molecule has 5 nitrogen and oxygen atoms in total. The third-order valence-electron chi connectivity index (χ3n) is 3.03. The standard InChI is InChI=1S/C15H22N2O3S/c1-4-6-11-17(12-16-15(18)5-2)21(19,20)14-9-7-13(3)8-10-14/h5,7-10H,2,4,6,11-12H2,1,3H3,(H,16,18). The number of rotatable bonds is 8. The van der Waals surface area contributed by atoms with Crippen LogP contribution < -0.4 is 5.32 Å². The maximum absolute atomic E-state index is 12.6. The molecule has 0 saturated carbocycles. The van der Waals surface area contributed by atoms with Crippen LogP contribution in [-0.4, -0.2) is 31.8 Å². The minimum Gasteiger partial charge on any atom is -0.339 e. The van der Waals surface area contributed by atoms with Gasteiger partial charge in [0.15, 0.2) is 0 Å². The molecule has 0 unspecified atom stereocenters. The number of nitrogens with one attached hydrogen (secondary N) is 1. The Morgan fingerprint density at radius 3 is 2.48 bits per heavy atom. The van der Waals surface area contributed by atoms with Crippen molar-refractivity contribution in [3.63, 3.8) is 0 Å².